The summed E-state index contributed by atoms with van der Waals surface area (Å²) in [4.78, 5) is 16.9. The lowest BCUT2D eigenvalue weighted by Crippen LogP contribution is -2.45. The molecule has 0 radical (unpaired) electrons. The number of rotatable bonds is 8. The second-order valence-electron chi connectivity index (χ2n) is 8.13. The zero-order valence-corrected chi connectivity index (χ0v) is 19.8. The molecule has 1 aromatic heterocycles. The van der Waals surface area contributed by atoms with Gasteiger partial charge in [0.05, 0.1) is 4.90 Å². The highest BCUT2D eigenvalue weighted by Crippen LogP contribution is 2.32. The third-order valence-corrected chi connectivity index (χ3v) is 6.58. The number of benzene rings is 2. The van der Waals surface area contributed by atoms with Crippen molar-refractivity contribution in [1.29, 1.82) is 0 Å². The lowest BCUT2D eigenvalue weighted by Gasteiger charge is -2.22. The highest BCUT2D eigenvalue weighted by atomic mass is 32.2. The molecule has 1 atom stereocenters. The maximum absolute atomic E-state index is 12.9. The zero-order chi connectivity index (χ0) is 24.3. The average molecular weight is 488 g/mol. The molecule has 0 saturated heterocycles. The quantitative estimate of drug-likeness (QED) is 0.477. The molecule has 1 aliphatic heterocycles. The monoisotopic (exact) mass is 487 g/mol. The van der Waals surface area contributed by atoms with Gasteiger partial charge in [-0.1, -0.05) is 48.8 Å². The van der Waals surface area contributed by atoms with Crippen LogP contribution < -0.4 is 14.2 Å². The van der Waals surface area contributed by atoms with Crippen LogP contribution in [0.15, 0.2) is 51.9 Å². The molecule has 2 aromatic carbocycles. The Labute approximate surface area is 197 Å². The van der Waals surface area contributed by atoms with Crippen LogP contribution in [-0.4, -0.2) is 43.8 Å². The fourth-order valence-corrected chi connectivity index (χ4v) is 4.59. The first kappa shape index (κ1) is 23.7. The van der Waals surface area contributed by atoms with Gasteiger partial charge in [0, 0.05) is 11.6 Å². The van der Waals surface area contributed by atoms with E-state index in [0.717, 1.165) is 11.1 Å². The van der Waals surface area contributed by atoms with E-state index in [2.05, 4.69) is 14.9 Å². The van der Waals surface area contributed by atoms with Crippen LogP contribution in [0.25, 0.3) is 11.4 Å². The molecule has 0 spiro atoms. The Hall–Kier alpha value is -3.44. The summed E-state index contributed by atoms with van der Waals surface area (Å²) in [5.74, 6) is 0.122. The van der Waals surface area contributed by atoms with Crippen LogP contribution in [0.3, 0.4) is 0 Å². The highest BCUT2D eigenvalue weighted by Gasteiger charge is 2.31. The van der Waals surface area contributed by atoms with Crippen molar-refractivity contribution in [1.82, 2.24) is 14.9 Å². The van der Waals surface area contributed by atoms with E-state index in [1.54, 1.807) is 13.8 Å². The number of fused-ring (bicyclic) bond motifs is 1. The SMILES string of the molecule is Cc1ccc(-c2noc(COC(=O)[C@@H](NS(=O)(=O)c3ccc4c(c3)OCCO4)C(C)C)n2)cc1. The summed E-state index contributed by atoms with van der Waals surface area (Å²) in [5, 5.41) is 3.90. The smallest absolute Gasteiger partial charge is 0.324 e. The Morgan fingerprint density at radius 3 is 2.50 bits per heavy atom. The number of sulfonamides is 1. The lowest BCUT2D eigenvalue weighted by atomic mass is 10.1. The molecule has 1 aliphatic rings. The van der Waals surface area contributed by atoms with Crippen LogP contribution in [0.1, 0.15) is 25.3 Å². The maximum Gasteiger partial charge on any atom is 0.324 e. The largest absolute Gasteiger partial charge is 0.486 e. The molecule has 0 unspecified atom stereocenters. The van der Waals surface area contributed by atoms with Gasteiger partial charge in [-0.15, -0.1) is 0 Å². The van der Waals surface area contributed by atoms with E-state index in [4.69, 9.17) is 18.7 Å². The molecule has 180 valence electrons. The van der Waals surface area contributed by atoms with Gasteiger partial charge in [0.25, 0.3) is 5.89 Å². The summed E-state index contributed by atoms with van der Waals surface area (Å²) in [6, 6.07) is 10.7. The second kappa shape index (κ2) is 9.82. The molecular formula is C23H25N3O7S. The standard InChI is InChI=1S/C23H25N3O7S/c1-14(2)21(26-34(28,29)17-8-9-18-19(12-17)31-11-10-30-18)23(27)32-13-20-24-22(25-33-20)16-6-4-15(3)5-7-16/h4-9,12,14,21,26H,10-11,13H2,1-3H3/t21-/m0/s1. The van der Waals surface area contributed by atoms with Crippen molar-refractivity contribution in [2.24, 2.45) is 5.92 Å². The number of esters is 1. The Balaban J connectivity index is 1.42. The number of aromatic nitrogens is 2. The van der Waals surface area contributed by atoms with Crippen LogP contribution in [-0.2, 0) is 26.2 Å². The minimum Gasteiger partial charge on any atom is -0.486 e. The normalized spacial score (nSPS) is 14.1. The summed E-state index contributed by atoms with van der Waals surface area (Å²) in [5.41, 5.74) is 1.86. The number of nitrogens with zero attached hydrogens (tertiary/aromatic N) is 2. The van der Waals surface area contributed by atoms with Crippen molar-refractivity contribution in [2.45, 2.75) is 38.3 Å². The Morgan fingerprint density at radius 2 is 1.79 bits per heavy atom. The van der Waals surface area contributed by atoms with Crippen molar-refractivity contribution in [3.63, 3.8) is 0 Å². The van der Waals surface area contributed by atoms with Gasteiger partial charge in [-0.05, 0) is 25.0 Å². The molecule has 34 heavy (non-hydrogen) atoms. The van der Waals surface area contributed by atoms with E-state index in [1.807, 2.05) is 31.2 Å². The zero-order valence-electron chi connectivity index (χ0n) is 19.0. The molecule has 0 saturated carbocycles. The first-order chi connectivity index (χ1) is 16.2. The molecule has 0 aliphatic carbocycles. The van der Waals surface area contributed by atoms with Gasteiger partial charge in [-0.25, -0.2) is 8.42 Å². The molecule has 0 bridgehead atoms. The van der Waals surface area contributed by atoms with E-state index in [-0.39, 0.29) is 23.3 Å². The summed E-state index contributed by atoms with van der Waals surface area (Å²) in [6.45, 7) is 5.82. The second-order valence-corrected chi connectivity index (χ2v) is 9.85. The van der Waals surface area contributed by atoms with Crippen LogP contribution >= 0.6 is 0 Å². The molecule has 2 heterocycles. The third-order valence-electron chi connectivity index (χ3n) is 5.14. The van der Waals surface area contributed by atoms with Crippen LogP contribution in [0.5, 0.6) is 11.5 Å². The molecule has 11 heteroatoms. The number of hydrogen-bond donors (Lipinski definition) is 1. The molecule has 4 rings (SSSR count). The lowest BCUT2D eigenvalue weighted by molar-refractivity contribution is -0.148. The average Bonchev–Trinajstić information content (AvgIpc) is 3.30. The van der Waals surface area contributed by atoms with E-state index in [0.29, 0.717) is 30.5 Å². The predicted octanol–water partition coefficient (Wildman–Crippen LogP) is 2.86. The fourth-order valence-electron chi connectivity index (χ4n) is 3.24. The predicted molar refractivity (Wildman–Crippen MR) is 121 cm³/mol. The van der Waals surface area contributed by atoms with Gasteiger partial charge < -0.3 is 18.7 Å². The Kier molecular flexibility index (Phi) is 6.85. The molecule has 0 fully saturated rings. The highest BCUT2D eigenvalue weighted by molar-refractivity contribution is 7.89. The maximum atomic E-state index is 12.9. The van der Waals surface area contributed by atoms with Gasteiger partial charge in [-0.3, -0.25) is 4.79 Å². The van der Waals surface area contributed by atoms with Crippen LogP contribution in [0, 0.1) is 12.8 Å². The number of aryl methyl sites for hydroxylation is 1. The minimum atomic E-state index is -4.04. The Bertz CT molecular complexity index is 1270. The van der Waals surface area contributed by atoms with Crippen molar-refractivity contribution in [3.05, 3.63) is 53.9 Å². The number of carbonyl (C=O) groups is 1. The van der Waals surface area contributed by atoms with Gasteiger partial charge in [0.1, 0.15) is 19.3 Å². The third kappa shape index (κ3) is 5.37. The topological polar surface area (TPSA) is 130 Å². The molecule has 3 aromatic rings. The summed E-state index contributed by atoms with van der Waals surface area (Å²) < 4.78 is 49.6. The van der Waals surface area contributed by atoms with Crippen molar-refractivity contribution >= 4 is 16.0 Å². The van der Waals surface area contributed by atoms with E-state index in [9.17, 15) is 13.2 Å². The van der Waals surface area contributed by atoms with Gasteiger partial charge in [-0.2, -0.15) is 9.71 Å². The van der Waals surface area contributed by atoms with Gasteiger partial charge >= 0.3 is 5.97 Å². The number of nitrogens with one attached hydrogen (secondary N) is 1. The van der Waals surface area contributed by atoms with E-state index in [1.165, 1.54) is 18.2 Å². The number of hydrogen-bond acceptors (Lipinski definition) is 9. The van der Waals surface area contributed by atoms with Crippen molar-refractivity contribution in [2.75, 3.05) is 13.2 Å². The molecular weight excluding hydrogens is 462 g/mol. The molecule has 1 N–H and O–H groups in total. The first-order valence-corrected chi connectivity index (χ1v) is 12.2. The van der Waals surface area contributed by atoms with Crippen LogP contribution in [0.4, 0.5) is 0 Å². The van der Waals surface area contributed by atoms with Crippen LogP contribution in [0.2, 0.25) is 0 Å². The van der Waals surface area contributed by atoms with Crippen molar-refractivity contribution in [3.8, 4) is 22.9 Å². The fraction of sp³-hybridized carbons (Fsp3) is 0.348. The van der Waals surface area contributed by atoms with E-state index >= 15 is 0 Å². The summed E-state index contributed by atoms with van der Waals surface area (Å²) >= 11 is 0. The summed E-state index contributed by atoms with van der Waals surface area (Å²) in [7, 11) is -4.04. The minimum absolute atomic E-state index is 0.0464. The summed E-state index contributed by atoms with van der Waals surface area (Å²) in [6.07, 6.45) is 0. The molecule has 10 nitrogen and oxygen atoms in total. The van der Waals surface area contributed by atoms with Crippen molar-refractivity contribution < 1.29 is 31.9 Å². The first-order valence-electron chi connectivity index (χ1n) is 10.7. The molecule has 0 amide bonds. The van der Waals surface area contributed by atoms with Gasteiger partial charge in [0.15, 0.2) is 18.1 Å². The Morgan fingerprint density at radius 1 is 1.09 bits per heavy atom. The number of ether oxygens (including phenoxy) is 3. The van der Waals surface area contributed by atoms with E-state index < -0.39 is 22.0 Å². The number of carbonyl (C=O) groups excluding carboxylic acids is 1. The van der Waals surface area contributed by atoms with Gasteiger partial charge in [0.2, 0.25) is 15.8 Å².